The van der Waals surface area contributed by atoms with Crippen molar-refractivity contribution in [2.45, 2.75) is 39.5 Å². The molecular weight excluding hydrogens is 453 g/mol. The van der Waals surface area contributed by atoms with Gasteiger partial charge < -0.3 is 19.2 Å². The van der Waals surface area contributed by atoms with Crippen LogP contribution in [0.15, 0.2) is 47.1 Å². The van der Waals surface area contributed by atoms with E-state index in [0.717, 1.165) is 11.1 Å². The van der Waals surface area contributed by atoms with Crippen molar-refractivity contribution in [1.82, 2.24) is 15.2 Å². The highest BCUT2D eigenvalue weighted by Gasteiger charge is 2.19. The van der Waals surface area contributed by atoms with Crippen LogP contribution in [0.3, 0.4) is 0 Å². The zero-order valence-corrected chi connectivity index (χ0v) is 19.2. The zero-order chi connectivity index (χ0) is 22.7. The molecule has 0 unspecified atom stereocenters. The minimum absolute atomic E-state index is 0.195. The molecule has 0 atom stereocenters. The highest BCUT2D eigenvalue weighted by molar-refractivity contribution is 6.42. The number of carbonyl (C=O) groups is 1. The summed E-state index contributed by atoms with van der Waals surface area (Å²) in [6.07, 6.45) is 1.37. The third-order valence-electron chi connectivity index (χ3n) is 5.15. The van der Waals surface area contributed by atoms with Crippen molar-refractivity contribution >= 4 is 29.1 Å². The van der Waals surface area contributed by atoms with Crippen LogP contribution in [0.2, 0.25) is 10.0 Å². The van der Waals surface area contributed by atoms with Gasteiger partial charge in [-0.15, -0.1) is 0 Å². The standard InChI is InChI=1S/C23H23Cl2N3O4/c1-14(2)28(10-16-4-3-5-17(24)22(16)25)11-21-27-18(12-30-21)23(29)26-9-15-6-7-19-20(8-15)32-13-31-19/h3-8,12,14H,9-11,13H2,1-2H3,(H,26,29). The van der Waals surface area contributed by atoms with Crippen molar-refractivity contribution in [2.24, 2.45) is 0 Å². The second-order valence-corrected chi connectivity index (χ2v) is 8.49. The lowest BCUT2D eigenvalue weighted by atomic mass is 10.2. The average molecular weight is 476 g/mol. The Hall–Kier alpha value is -2.74. The number of nitrogens with one attached hydrogen (secondary N) is 1. The van der Waals surface area contributed by atoms with Crippen LogP contribution in [0, 0.1) is 0 Å². The number of amides is 1. The maximum Gasteiger partial charge on any atom is 0.273 e. The Balaban J connectivity index is 1.37. The Bertz CT molecular complexity index is 1120. The van der Waals surface area contributed by atoms with E-state index in [9.17, 15) is 4.79 Å². The number of benzene rings is 2. The molecule has 4 rings (SSSR count). The number of ether oxygens (including phenoxy) is 2. The normalized spacial score (nSPS) is 12.6. The first-order valence-corrected chi connectivity index (χ1v) is 10.9. The predicted molar refractivity (Wildman–Crippen MR) is 121 cm³/mol. The van der Waals surface area contributed by atoms with Crippen LogP contribution in [-0.2, 0) is 19.6 Å². The van der Waals surface area contributed by atoms with Gasteiger partial charge in [0.05, 0.1) is 16.6 Å². The summed E-state index contributed by atoms with van der Waals surface area (Å²) in [7, 11) is 0. The molecule has 0 saturated heterocycles. The number of aromatic nitrogens is 1. The fourth-order valence-electron chi connectivity index (χ4n) is 3.30. The molecule has 3 aromatic rings. The van der Waals surface area contributed by atoms with E-state index in [4.69, 9.17) is 37.1 Å². The van der Waals surface area contributed by atoms with E-state index in [1.807, 2.05) is 30.3 Å². The number of halogens is 2. The largest absolute Gasteiger partial charge is 0.454 e. The lowest BCUT2D eigenvalue weighted by Gasteiger charge is -2.25. The second kappa shape index (κ2) is 9.81. The molecule has 1 N–H and O–H groups in total. The average Bonchev–Trinajstić information content (AvgIpc) is 3.43. The number of oxazole rings is 1. The van der Waals surface area contributed by atoms with E-state index in [1.165, 1.54) is 6.26 Å². The monoisotopic (exact) mass is 475 g/mol. The van der Waals surface area contributed by atoms with Gasteiger partial charge in [0.25, 0.3) is 5.91 Å². The quantitative estimate of drug-likeness (QED) is 0.491. The van der Waals surface area contributed by atoms with Crippen LogP contribution in [0.1, 0.15) is 41.4 Å². The summed E-state index contributed by atoms with van der Waals surface area (Å²) >= 11 is 12.5. The molecule has 1 amide bonds. The fraction of sp³-hybridized carbons (Fsp3) is 0.304. The second-order valence-electron chi connectivity index (χ2n) is 7.71. The van der Waals surface area contributed by atoms with Crippen LogP contribution >= 0.6 is 23.2 Å². The number of hydrogen-bond acceptors (Lipinski definition) is 6. The molecule has 1 aliphatic heterocycles. The molecule has 7 nitrogen and oxygen atoms in total. The lowest BCUT2D eigenvalue weighted by molar-refractivity contribution is 0.0945. The van der Waals surface area contributed by atoms with E-state index in [1.54, 1.807) is 6.07 Å². The van der Waals surface area contributed by atoms with Gasteiger partial charge in [-0.3, -0.25) is 9.69 Å². The minimum atomic E-state index is -0.313. The van der Waals surface area contributed by atoms with Gasteiger partial charge >= 0.3 is 0 Å². The third-order valence-corrected chi connectivity index (χ3v) is 6.01. The molecular formula is C23H23Cl2N3O4. The topological polar surface area (TPSA) is 76.8 Å². The smallest absolute Gasteiger partial charge is 0.273 e. The van der Waals surface area contributed by atoms with E-state index in [0.29, 0.717) is 47.1 Å². The molecule has 2 heterocycles. The van der Waals surface area contributed by atoms with Crippen molar-refractivity contribution in [3.05, 3.63) is 75.4 Å². The van der Waals surface area contributed by atoms with Crippen LogP contribution in [-0.4, -0.2) is 28.6 Å². The summed E-state index contributed by atoms with van der Waals surface area (Å²) in [6, 6.07) is 11.3. The summed E-state index contributed by atoms with van der Waals surface area (Å²) in [5.41, 5.74) is 2.04. The molecule has 168 valence electrons. The van der Waals surface area contributed by atoms with Crippen molar-refractivity contribution < 1.29 is 18.7 Å². The van der Waals surface area contributed by atoms with E-state index >= 15 is 0 Å². The first-order valence-electron chi connectivity index (χ1n) is 10.2. The fourth-order valence-corrected chi connectivity index (χ4v) is 3.68. The Labute approximate surface area is 196 Å². The molecule has 0 fully saturated rings. The van der Waals surface area contributed by atoms with Crippen LogP contribution < -0.4 is 14.8 Å². The van der Waals surface area contributed by atoms with Crippen molar-refractivity contribution in [3.63, 3.8) is 0 Å². The highest BCUT2D eigenvalue weighted by atomic mass is 35.5. The summed E-state index contributed by atoms with van der Waals surface area (Å²) in [5.74, 6) is 1.51. The van der Waals surface area contributed by atoms with Gasteiger partial charge in [-0.05, 0) is 43.2 Å². The summed E-state index contributed by atoms with van der Waals surface area (Å²) in [4.78, 5) is 19.0. The third kappa shape index (κ3) is 5.18. The number of nitrogens with zero attached hydrogens (tertiary/aromatic N) is 2. The molecule has 1 aliphatic rings. The molecule has 0 aliphatic carbocycles. The van der Waals surface area contributed by atoms with Crippen molar-refractivity contribution in [1.29, 1.82) is 0 Å². The van der Waals surface area contributed by atoms with Crippen LogP contribution in [0.5, 0.6) is 11.5 Å². The Morgan fingerprint density at radius 2 is 1.97 bits per heavy atom. The molecule has 0 saturated carbocycles. The molecule has 0 spiro atoms. The number of carbonyl (C=O) groups excluding carboxylic acids is 1. The van der Waals surface area contributed by atoms with Crippen molar-refractivity contribution in [3.8, 4) is 11.5 Å². The van der Waals surface area contributed by atoms with Gasteiger partial charge in [0.15, 0.2) is 17.2 Å². The van der Waals surface area contributed by atoms with Gasteiger partial charge in [0, 0.05) is 19.1 Å². The van der Waals surface area contributed by atoms with Gasteiger partial charge in [0.1, 0.15) is 6.26 Å². The predicted octanol–water partition coefficient (Wildman–Crippen LogP) is 5.05. The Morgan fingerprint density at radius 1 is 1.16 bits per heavy atom. The molecule has 0 radical (unpaired) electrons. The van der Waals surface area contributed by atoms with E-state index < -0.39 is 0 Å². The van der Waals surface area contributed by atoms with E-state index in [-0.39, 0.29) is 24.4 Å². The summed E-state index contributed by atoms with van der Waals surface area (Å²) in [6.45, 7) is 5.69. The SMILES string of the molecule is CC(C)N(Cc1nc(C(=O)NCc2ccc3c(c2)OCO3)co1)Cc1cccc(Cl)c1Cl. The first-order chi connectivity index (χ1) is 15.4. The molecule has 32 heavy (non-hydrogen) atoms. The van der Waals surface area contributed by atoms with E-state index in [2.05, 4.69) is 29.0 Å². The Kier molecular flexibility index (Phi) is 6.89. The Morgan fingerprint density at radius 3 is 2.78 bits per heavy atom. The minimum Gasteiger partial charge on any atom is -0.454 e. The van der Waals surface area contributed by atoms with Crippen LogP contribution in [0.25, 0.3) is 0 Å². The van der Waals surface area contributed by atoms with Crippen LogP contribution in [0.4, 0.5) is 0 Å². The molecule has 1 aromatic heterocycles. The summed E-state index contributed by atoms with van der Waals surface area (Å²) < 4.78 is 16.2. The molecule has 0 bridgehead atoms. The highest BCUT2D eigenvalue weighted by Crippen LogP contribution is 2.32. The number of rotatable bonds is 8. The molecule has 2 aromatic carbocycles. The maximum absolute atomic E-state index is 12.5. The van der Waals surface area contributed by atoms with Crippen molar-refractivity contribution in [2.75, 3.05) is 6.79 Å². The maximum atomic E-state index is 12.5. The first kappa shape index (κ1) is 22.5. The molecule has 9 heteroatoms. The zero-order valence-electron chi connectivity index (χ0n) is 17.7. The lowest BCUT2D eigenvalue weighted by Crippen LogP contribution is -2.30. The van der Waals surface area contributed by atoms with Gasteiger partial charge in [-0.25, -0.2) is 4.98 Å². The number of hydrogen-bond donors (Lipinski definition) is 1. The number of fused-ring (bicyclic) bond motifs is 1. The van der Waals surface area contributed by atoms with Gasteiger partial charge in [0.2, 0.25) is 12.7 Å². The van der Waals surface area contributed by atoms with Gasteiger partial charge in [-0.1, -0.05) is 41.4 Å². The van der Waals surface area contributed by atoms with Gasteiger partial charge in [-0.2, -0.15) is 0 Å². The summed E-state index contributed by atoms with van der Waals surface area (Å²) in [5, 5.41) is 3.90.